The largest absolute Gasteiger partial charge is 0.383 e. The molecular formula is C8H12ClN3O2S. The van der Waals surface area contributed by atoms with Crippen molar-refractivity contribution in [2.75, 3.05) is 19.6 Å². The number of aromatic nitrogens is 2. The first kappa shape index (κ1) is 12.4. The second kappa shape index (κ2) is 5.99. The van der Waals surface area contributed by atoms with Crippen molar-refractivity contribution in [1.29, 1.82) is 0 Å². The Kier molecular flexibility index (Phi) is 4.93. The van der Waals surface area contributed by atoms with E-state index in [9.17, 15) is 4.79 Å². The monoisotopic (exact) mass is 249 g/mol. The van der Waals surface area contributed by atoms with Gasteiger partial charge in [-0.2, -0.15) is 0 Å². The second-order valence-electron chi connectivity index (χ2n) is 2.97. The molecule has 0 radical (unpaired) electrons. The Hall–Kier alpha value is -0.720. The minimum Gasteiger partial charge on any atom is -0.383 e. The van der Waals surface area contributed by atoms with Crippen molar-refractivity contribution in [2.24, 2.45) is 0 Å². The van der Waals surface area contributed by atoms with Crippen LogP contribution in [0.15, 0.2) is 0 Å². The van der Waals surface area contributed by atoms with Crippen LogP contribution in [-0.4, -0.2) is 41.1 Å². The Balaban J connectivity index is 2.58. The van der Waals surface area contributed by atoms with Crippen LogP contribution < -0.4 is 5.32 Å². The average molecular weight is 250 g/mol. The molecule has 0 fully saturated rings. The molecule has 0 saturated carbocycles. The number of halogens is 1. The number of methoxy groups -OCH3 is 1. The molecule has 0 saturated heterocycles. The first-order valence-electron chi connectivity index (χ1n) is 4.33. The zero-order valence-corrected chi connectivity index (χ0v) is 10.1. The summed E-state index contributed by atoms with van der Waals surface area (Å²) < 4.78 is 8.60. The minimum atomic E-state index is -0.204. The smallest absolute Gasteiger partial charge is 0.265 e. The third-order valence-corrected chi connectivity index (χ3v) is 2.95. The van der Waals surface area contributed by atoms with Gasteiger partial charge in [-0.3, -0.25) is 4.79 Å². The van der Waals surface area contributed by atoms with E-state index in [0.29, 0.717) is 23.1 Å². The standard InChI is InChI=1S/C8H12ClN3O2S/c1-5-7(15-12-11-5)8(13)10-6(3-9)4-14-2/h6H,3-4H2,1-2H3,(H,10,13). The predicted octanol–water partition coefficient (Wildman–Crippen LogP) is 0.830. The molecule has 0 aliphatic carbocycles. The van der Waals surface area contributed by atoms with Gasteiger partial charge in [0.1, 0.15) is 4.88 Å². The van der Waals surface area contributed by atoms with E-state index in [4.69, 9.17) is 16.3 Å². The second-order valence-corrected chi connectivity index (χ2v) is 4.03. The van der Waals surface area contributed by atoms with E-state index in [1.54, 1.807) is 14.0 Å². The zero-order chi connectivity index (χ0) is 11.3. The number of carbonyl (C=O) groups is 1. The summed E-state index contributed by atoms with van der Waals surface area (Å²) in [7, 11) is 1.56. The Labute approximate surface area is 96.9 Å². The summed E-state index contributed by atoms with van der Waals surface area (Å²) in [6.45, 7) is 2.13. The molecule has 0 aliphatic rings. The number of hydrogen-bond acceptors (Lipinski definition) is 5. The third-order valence-electron chi connectivity index (χ3n) is 1.75. The van der Waals surface area contributed by atoms with Gasteiger partial charge in [0.15, 0.2) is 0 Å². The molecule has 0 spiro atoms. The molecule has 1 rings (SSSR count). The lowest BCUT2D eigenvalue weighted by atomic mass is 10.3. The van der Waals surface area contributed by atoms with Crippen LogP contribution in [0.5, 0.6) is 0 Å². The van der Waals surface area contributed by atoms with Gasteiger partial charge in [0.25, 0.3) is 5.91 Å². The van der Waals surface area contributed by atoms with Crippen LogP contribution in [-0.2, 0) is 4.74 Å². The molecule has 1 atom stereocenters. The maximum Gasteiger partial charge on any atom is 0.265 e. The summed E-state index contributed by atoms with van der Waals surface area (Å²) in [5.74, 6) is 0.107. The first-order valence-corrected chi connectivity index (χ1v) is 5.64. The minimum absolute atomic E-state index is 0.189. The van der Waals surface area contributed by atoms with Gasteiger partial charge in [0.05, 0.1) is 18.3 Å². The number of rotatable bonds is 5. The molecule has 1 N–H and O–H groups in total. The van der Waals surface area contributed by atoms with E-state index in [2.05, 4.69) is 14.9 Å². The van der Waals surface area contributed by atoms with Gasteiger partial charge in [0, 0.05) is 13.0 Å². The number of ether oxygens (including phenoxy) is 1. The topological polar surface area (TPSA) is 64.1 Å². The molecule has 1 aromatic rings. The van der Waals surface area contributed by atoms with Crippen molar-refractivity contribution in [3.63, 3.8) is 0 Å². The summed E-state index contributed by atoms with van der Waals surface area (Å²) in [5, 5.41) is 6.51. The highest BCUT2D eigenvalue weighted by atomic mass is 35.5. The van der Waals surface area contributed by atoms with Crippen molar-refractivity contribution in [2.45, 2.75) is 13.0 Å². The molecule has 1 heterocycles. The van der Waals surface area contributed by atoms with Crippen LogP contribution >= 0.6 is 23.1 Å². The van der Waals surface area contributed by atoms with Crippen molar-refractivity contribution in [3.05, 3.63) is 10.6 Å². The van der Waals surface area contributed by atoms with Crippen LogP contribution in [0.2, 0.25) is 0 Å². The molecule has 1 amide bonds. The molecule has 7 heteroatoms. The van der Waals surface area contributed by atoms with Gasteiger partial charge in [0.2, 0.25) is 0 Å². The van der Waals surface area contributed by atoms with E-state index < -0.39 is 0 Å². The van der Waals surface area contributed by atoms with Crippen LogP contribution in [0.1, 0.15) is 15.4 Å². The highest BCUT2D eigenvalue weighted by Crippen LogP contribution is 2.08. The number of aryl methyl sites for hydroxylation is 1. The Morgan fingerprint density at radius 2 is 2.47 bits per heavy atom. The first-order chi connectivity index (χ1) is 7.19. The normalized spacial score (nSPS) is 12.5. The Bertz CT molecular complexity index is 331. The van der Waals surface area contributed by atoms with Crippen LogP contribution in [0, 0.1) is 6.92 Å². The fourth-order valence-corrected chi connectivity index (χ4v) is 1.74. The lowest BCUT2D eigenvalue weighted by molar-refractivity contribution is 0.0910. The van der Waals surface area contributed by atoms with E-state index >= 15 is 0 Å². The van der Waals surface area contributed by atoms with Gasteiger partial charge in [-0.15, -0.1) is 16.7 Å². The number of nitrogens with one attached hydrogen (secondary N) is 1. The fourth-order valence-electron chi connectivity index (χ4n) is 1.02. The lowest BCUT2D eigenvalue weighted by Crippen LogP contribution is -2.39. The molecular weight excluding hydrogens is 238 g/mol. The van der Waals surface area contributed by atoms with Crippen molar-refractivity contribution >= 4 is 29.0 Å². The molecule has 0 aliphatic heterocycles. The Morgan fingerprint density at radius 3 is 2.93 bits per heavy atom. The molecule has 1 unspecified atom stereocenters. The highest BCUT2D eigenvalue weighted by Gasteiger charge is 2.16. The van der Waals surface area contributed by atoms with Crippen molar-refractivity contribution in [1.82, 2.24) is 14.9 Å². The highest BCUT2D eigenvalue weighted by molar-refractivity contribution is 7.08. The summed E-state index contributed by atoms with van der Waals surface area (Å²) in [6, 6.07) is -0.189. The van der Waals surface area contributed by atoms with Gasteiger partial charge >= 0.3 is 0 Å². The maximum atomic E-state index is 11.7. The van der Waals surface area contributed by atoms with Gasteiger partial charge < -0.3 is 10.1 Å². The van der Waals surface area contributed by atoms with Gasteiger partial charge in [-0.1, -0.05) is 4.49 Å². The van der Waals surface area contributed by atoms with Crippen molar-refractivity contribution in [3.8, 4) is 0 Å². The molecule has 0 aromatic carbocycles. The fraction of sp³-hybridized carbons (Fsp3) is 0.625. The van der Waals surface area contributed by atoms with Gasteiger partial charge in [-0.25, -0.2) is 0 Å². The third kappa shape index (κ3) is 3.40. The summed E-state index contributed by atoms with van der Waals surface area (Å²) in [6.07, 6.45) is 0. The van der Waals surface area contributed by atoms with Crippen LogP contribution in [0.3, 0.4) is 0 Å². The summed E-state index contributed by atoms with van der Waals surface area (Å²) >= 11 is 6.74. The predicted molar refractivity (Wildman–Crippen MR) is 58.5 cm³/mol. The number of amides is 1. The maximum absolute atomic E-state index is 11.7. The molecule has 0 bridgehead atoms. The SMILES string of the molecule is COCC(CCl)NC(=O)c1snnc1C. The summed E-state index contributed by atoms with van der Waals surface area (Å²) in [5.41, 5.74) is 0.628. The molecule has 15 heavy (non-hydrogen) atoms. The molecule has 84 valence electrons. The van der Waals surface area contributed by atoms with Gasteiger partial charge in [-0.05, 0) is 18.5 Å². The number of nitrogens with zero attached hydrogens (tertiary/aromatic N) is 2. The summed E-state index contributed by atoms with van der Waals surface area (Å²) in [4.78, 5) is 12.2. The van der Waals surface area contributed by atoms with Crippen LogP contribution in [0.25, 0.3) is 0 Å². The quantitative estimate of drug-likeness (QED) is 0.786. The van der Waals surface area contributed by atoms with E-state index in [-0.39, 0.29) is 11.9 Å². The zero-order valence-electron chi connectivity index (χ0n) is 8.49. The average Bonchev–Trinajstić information content (AvgIpc) is 2.63. The van der Waals surface area contributed by atoms with Crippen molar-refractivity contribution < 1.29 is 9.53 Å². The Morgan fingerprint density at radius 1 is 1.73 bits per heavy atom. The lowest BCUT2D eigenvalue weighted by Gasteiger charge is -2.13. The number of carbonyl (C=O) groups excluding carboxylic acids is 1. The molecule has 1 aromatic heterocycles. The van der Waals surface area contributed by atoms with E-state index in [1.165, 1.54) is 0 Å². The van der Waals surface area contributed by atoms with E-state index in [1.807, 2.05) is 0 Å². The van der Waals surface area contributed by atoms with E-state index in [0.717, 1.165) is 11.5 Å². The molecule has 5 nitrogen and oxygen atoms in total. The number of alkyl halides is 1. The number of hydrogen-bond donors (Lipinski definition) is 1. The van der Waals surface area contributed by atoms with Crippen LogP contribution in [0.4, 0.5) is 0 Å².